The maximum Gasteiger partial charge on any atom is 0.134 e. The minimum Gasteiger partial charge on any atom is -0.394 e. The summed E-state index contributed by atoms with van der Waals surface area (Å²) in [5, 5.41) is 9.44. The van der Waals surface area contributed by atoms with Crippen LogP contribution in [0.1, 0.15) is 19.3 Å². The summed E-state index contributed by atoms with van der Waals surface area (Å²) in [7, 11) is 0. The van der Waals surface area contributed by atoms with E-state index in [1.807, 2.05) is 6.07 Å². The number of nitrogens with zero attached hydrogens (tertiary/aromatic N) is 4. The summed E-state index contributed by atoms with van der Waals surface area (Å²) < 4.78 is 5.48. The van der Waals surface area contributed by atoms with Crippen molar-refractivity contribution in [2.24, 2.45) is 0 Å². The molecule has 1 atom stereocenters. The van der Waals surface area contributed by atoms with Crippen LogP contribution in [0.5, 0.6) is 0 Å². The summed E-state index contributed by atoms with van der Waals surface area (Å²) >= 11 is 0. The number of hydrogen-bond acceptors (Lipinski definition) is 6. The molecule has 0 radical (unpaired) electrons. The number of anilines is 2. The molecule has 1 N–H and O–H groups in total. The predicted octanol–water partition coefficient (Wildman–Crippen LogP) is 0.664. The normalized spacial score (nSPS) is 23.9. The zero-order valence-corrected chi connectivity index (χ0v) is 11.7. The van der Waals surface area contributed by atoms with E-state index in [4.69, 9.17) is 4.74 Å². The van der Waals surface area contributed by atoms with Crippen molar-refractivity contribution in [3.05, 3.63) is 12.4 Å². The Hall–Kier alpha value is -1.40. The van der Waals surface area contributed by atoms with Gasteiger partial charge in [-0.15, -0.1) is 0 Å². The highest BCUT2D eigenvalue weighted by atomic mass is 16.5. The summed E-state index contributed by atoms with van der Waals surface area (Å²) in [4.78, 5) is 13.2. The van der Waals surface area contributed by atoms with Crippen LogP contribution in [-0.4, -0.2) is 60.6 Å². The van der Waals surface area contributed by atoms with Crippen molar-refractivity contribution in [3.8, 4) is 0 Å². The van der Waals surface area contributed by atoms with Crippen molar-refractivity contribution in [1.82, 2.24) is 9.97 Å². The molecule has 0 spiro atoms. The van der Waals surface area contributed by atoms with Gasteiger partial charge in [0.2, 0.25) is 0 Å². The zero-order valence-electron chi connectivity index (χ0n) is 11.7. The largest absolute Gasteiger partial charge is 0.394 e. The van der Waals surface area contributed by atoms with E-state index in [0.717, 1.165) is 63.7 Å². The molecule has 2 fully saturated rings. The van der Waals surface area contributed by atoms with E-state index in [9.17, 15) is 5.11 Å². The van der Waals surface area contributed by atoms with Crippen molar-refractivity contribution in [2.45, 2.75) is 25.3 Å². The van der Waals surface area contributed by atoms with Crippen LogP contribution in [0.2, 0.25) is 0 Å². The highest BCUT2D eigenvalue weighted by Crippen LogP contribution is 2.25. The number of rotatable bonds is 3. The van der Waals surface area contributed by atoms with Gasteiger partial charge >= 0.3 is 0 Å². The van der Waals surface area contributed by atoms with Gasteiger partial charge in [0.25, 0.3) is 0 Å². The third kappa shape index (κ3) is 2.86. The SMILES string of the molecule is OC[C@H]1CCCN1c1cc(N2CCCOCC2)ncn1. The first-order chi connectivity index (χ1) is 9.88. The molecule has 2 aliphatic rings. The second kappa shape index (κ2) is 6.37. The minimum atomic E-state index is 0.191. The number of aliphatic hydroxyl groups excluding tert-OH is 1. The molecule has 0 unspecified atom stereocenters. The Kier molecular flexibility index (Phi) is 4.32. The number of aliphatic hydroxyl groups is 1. The molecule has 0 amide bonds. The van der Waals surface area contributed by atoms with Crippen LogP contribution in [0.4, 0.5) is 11.6 Å². The van der Waals surface area contributed by atoms with Gasteiger partial charge in [0.05, 0.1) is 19.3 Å². The molecule has 0 aliphatic carbocycles. The summed E-state index contributed by atoms with van der Waals surface area (Å²) in [5.74, 6) is 1.89. The fourth-order valence-electron chi connectivity index (χ4n) is 2.97. The first-order valence-electron chi connectivity index (χ1n) is 7.41. The molecule has 0 aromatic carbocycles. The Morgan fingerprint density at radius 3 is 2.95 bits per heavy atom. The first kappa shape index (κ1) is 13.6. The number of ether oxygens (including phenoxy) is 1. The van der Waals surface area contributed by atoms with E-state index >= 15 is 0 Å². The molecule has 1 aromatic rings. The smallest absolute Gasteiger partial charge is 0.134 e. The summed E-state index contributed by atoms with van der Waals surface area (Å²) in [5.41, 5.74) is 0. The third-order valence-electron chi connectivity index (χ3n) is 4.07. The predicted molar refractivity (Wildman–Crippen MR) is 77.1 cm³/mol. The van der Waals surface area contributed by atoms with Gasteiger partial charge in [-0.2, -0.15) is 0 Å². The van der Waals surface area contributed by atoms with Gasteiger partial charge in [-0.3, -0.25) is 0 Å². The third-order valence-corrected chi connectivity index (χ3v) is 4.07. The lowest BCUT2D eigenvalue weighted by Gasteiger charge is -2.26. The molecule has 110 valence electrons. The van der Waals surface area contributed by atoms with E-state index in [-0.39, 0.29) is 12.6 Å². The van der Waals surface area contributed by atoms with Crippen LogP contribution in [0.3, 0.4) is 0 Å². The summed E-state index contributed by atoms with van der Waals surface area (Å²) in [6, 6.07) is 2.24. The van der Waals surface area contributed by atoms with Crippen molar-refractivity contribution in [3.63, 3.8) is 0 Å². The van der Waals surface area contributed by atoms with Gasteiger partial charge in [0.15, 0.2) is 0 Å². The Bertz CT molecular complexity index is 435. The Balaban J connectivity index is 1.78. The number of hydrogen-bond donors (Lipinski definition) is 1. The van der Waals surface area contributed by atoms with E-state index in [0.29, 0.717) is 0 Å². The molecule has 20 heavy (non-hydrogen) atoms. The molecule has 2 saturated heterocycles. The standard InChI is InChI=1S/C14H22N4O2/c19-10-12-3-1-5-18(12)14-9-13(15-11-16-14)17-4-2-7-20-8-6-17/h9,11-12,19H,1-8,10H2/t12-/m1/s1. The van der Waals surface area contributed by atoms with Crippen LogP contribution in [0, 0.1) is 0 Å². The van der Waals surface area contributed by atoms with Crippen LogP contribution < -0.4 is 9.80 Å². The average Bonchev–Trinajstić information content (AvgIpc) is 2.81. The van der Waals surface area contributed by atoms with E-state index < -0.39 is 0 Å². The van der Waals surface area contributed by atoms with E-state index in [1.54, 1.807) is 6.33 Å². The molecule has 3 heterocycles. The van der Waals surface area contributed by atoms with Gasteiger partial charge < -0.3 is 19.6 Å². The van der Waals surface area contributed by atoms with Crippen LogP contribution in [-0.2, 0) is 4.74 Å². The fourth-order valence-corrected chi connectivity index (χ4v) is 2.97. The monoisotopic (exact) mass is 278 g/mol. The Morgan fingerprint density at radius 1 is 1.15 bits per heavy atom. The molecule has 0 bridgehead atoms. The minimum absolute atomic E-state index is 0.191. The van der Waals surface area contributed by atoms with Gasteiger partial charge in [-0.25, -0.2) is 9.97 Å². The zero-order chi connectivity index (χ0) is 13.8. The van der Waals surface area contributed by atoms with Crippen LogP contribution in [0.15, 0.2) is 12.4 Å². The van der Waals surface area contributed by atoms with Crippen molar-refractivity contribution in [1.29, 1.82) is 0 Å². The molecule has 0 saturated carbocycles. The lowest BCUT2D eigenvalue weighted by Crippen LogP contribution is -2.33. The van der Waals surface area contributed by atoms with Gasteiger partial charge in [0.1, 0.15) is 18.0 Å². The quantitative estimate of drug-likeness (QED) is 0.876. The van der Waals surface area contributed by atoms with Crippen molar-refractivity contribution < 1.29 is 9.84 Å². The Morgan fingerprint density at radius 2 is 2.05 bits per heavy atom. The van der Waals surface area contributed by atoms with Gasteiger partial charge in [0, 0.05) is 32.3 Å². The summed E-state index contributed by atoms with van der Waals surface area (Å²) in [6.45, 7) is 4.58. The van der Waals surface area contributed by atoms with Gasteiger partial charge in [-0.1, -0.05) is 0 Å². The lowest BCUT2D eigenvalue weighted by molar-refractivity contribution is 0.152. The van der Waals surface area contributed by atoms with Crippen molar-refractivity contribution in [2.75, 3.05) is 49.3 Å². The van der Waals surface area contributed by atoms with Gasteiger partial charge in [-0.05, 0) is 19.3 Å². The molecule has 3 rings (SSSR count). The highest BCUT2D eigenvalue weighted by molar-refractivity contribution is 5.51. The molecular formula is C14H22N4O2. The molecule has 6 heteroatoms. The van der Waals surface area contributed by atoms with Crippen molar-refractivity contribution >= 4 is 11.6 Å². The topological polar surface area (TPSA) is 61.7 Å². The maximum absolute atomic E-state index is 9.44. The molecular weight excluding hydrogens is 256 g/mol. The summed E-state index contributed by atoms with van der Waals surface area (Å²) in [6.07, 6.45) is 4.81. The fraction of sp³-hybridized carbons (Fsp3) is 0.714. The lowest BCUT2D eigenvalue weighted by atomic mass is 10.2. The number of aromatic nitrogens is 2. The molecule has 2 aliphatic heterocycles. The highest BCUT2D eigenvalue weighted by Gasteiger charge is 2.25. The maximum atomic E-state index is 9.44. The molecule has 6 nitrogen and oxygen atoms in total. The van der Waals surface area contributed by atoms with E-state index in [1.165, 1.54) is 0 Å². The molecule has 1 aromatic heterocycles. The van der Waals surface area contributed by atoms with Crippen LogP contribution in [0.25, 0.3) is 0 Å². The first-order valence-corrected chi connectivity index (χ1v) is 7.41. The second-order valence-electron chi connectivity index (χ2n) is 5.36. The average molecular weight is 278 g/mol. The van der Waals surface area contributed by atoms with Crippen LogP contribution >= 0.6 is 0 Å². The second-order valence-corrected chi connectivity index (χ2v) is 5.36. The van der Waals surface area contributed by atoms with E-state index in [2.05, 4.69) is 19.8 Å². The Labute approximate surface area is 119 Å².